The average Bonchev–Trinajstić information content (AvgIpc) is 2.93. The van der Waals surface area contributed by atoms with Gasteiger partial charge in [0.05, 0.1) is 26.3 Å². The Kier molecular flexibility index (Phi) is 4.68. The molecule has 0 spiro atoms. The molecule has 1 aromatic carbocycles. The van der Waals surface area contributed by atoms with Crippen LogP contribution in [0.4, 0.5) is 4.39 Å². The number of thiazole rings is 1. The number of aromatic nitrogens is 1. The van der Waals surface area contributed by atoms with Crippen molar-refractivity contribution in [2.75, 3.05) is 14.2 Å². The lowest BCUT2D eigenvalue weighted by Crippen LogP contribution is -2.01. The van der Waals surface area contributed by atoms with Crippen molar-refractivity contribution in [1.82, 2.24) is 4.98 Å². The third-order valence-corrected chi connectivity index (χ3v) is 3.70. The molecule has 2 aromatic rings. The van der Waals surface area contributed by atoms with Gasteiger partial charge in [-0.2, -0.15) is 0 Å². The van der Waals surface area contributed by atoms with Gasteiger partial charge in [-0.25, -0.2) is 9.37 Å². The van der Waals surface area contributed by atoms with Crippen molar-refractivity contribution < 1.29 is 18.7 Å². The Balaban J connectivity index is 2.12. The molecule has 0 saturated carbocycles. The summed E-state index contributed by atoms with van der Waals surface area (Å²) in [5, 5.41) is 2.58. The standard InChI is InChI=1S/C14H14FNO3S/c1-18-12-5-3-9(7-11(12)15)14-16-10(8-20-14)4-6-13(17)19-2/h3,5,7-8H,4,6H2,1-2H3. The number of benzene rings is 1. The predicted molar refractivity (Wildman–Crippen MR) is 74.4 cm³/mol. The molecule has 0 aliphatic rings. The second-order valence-electron chi connectivity index (χ2n) is 4.07. The number of hydrogen-bond acceptors (Lipinski definition) is 5. The van der Waals surface area contributed by atoms with Crippen molar-refractivity contribution in [3.05, 3.63) is 35.1 Å². The molecular formula is C14H14FNO3S. The van der Waals surface area contributed by atoms with Gasteiger partial charge in [0, 0.05) is 17.4 Å². The molecule has 106 valence electrons. The van der Waals surface area contributed by atoms with Crippen LogP contribution in [0.15, 0.2) is 23.6 Å². The lowest BCUT2D eigenvalue weighted by molar-refractivity contribution is -0.140. The maximum Gasteiger partial charge on any atom is 0.305 e. The number of rotatable bonds is 5. The van der Waals surface area contributed by atoms with Gasteiger partial charge in [-0.15, -0.1) is 11.3 Å². The first kappa shape index (κ1) is 14.5. The fourth-order valence-electron chi connectivity index (χ4n) is 1.69. The van der Waals surface area contributed by atoms with Crippen LogP contribution >= 0.6 is 11.3 Å². The van der Waals surface area contributed by atoms with Crippen molar-refractivity contribution in [2.45, 2.75) is 12.8 Å². The van der Waals surface area contributed by atoms with E-state index in [0.717, 1.165) is 5.69 Å². The number of carbonyl (C=O) groups is 1. The van der Waals surface area contributed by atoms with Crippen LogP contribution in [0.3, 0.4) is 0 Å². The first-order chi connectivity index (χ1) is 9.63. The van der Waals surface area contributed by atoms with E-state index in [1.165, 1.54) is 31.6 Å². The van der Waals surface area contributed by atoms with E-state index >= 15 is 0 Å². The van der Waals surface area contributed by atoms with Crippen molar-refractivity contribution in [2.24, 2.45) is 0 Å². The molecule has 0 radical (unpaired) electrons. The van der Waals surface area contributed by atoms with Gasteiger partial charge in [0.15, 0.2) is 11.6 Å². The van der Waals surface area contributed by atoms with E-state index in [1.54, 1.807) is 12.1 Å². The van der Waals surface area contributed by atoms with Crippen LogP contribution in [0.1, 0.15) is 12.1 Å². The second-order valence-corrected chi connectivity index (χ2v) is 4.93. The smallest absolute Gasteiger partial charge is 0.305 e. The van der Waals surface area contributed by atoms with Gasteiger partial charge < -0.3 is 9.47 Å². The first-order valence-electron chi connectivity index (χ1n) is 5.99. The Morgan fingerprint density at radius 1 is 1.40 bits per heavy atom. The number of ether oxygens (including phenoxy) is 2. The van der Waals surface area contributed by atoms with E-state index in [9.17, 15) is 9.18 Å². The normalized spacial score (nSPS) is 10.3. The summed E-state index contributed by atoms with van der Waals surface area (Å²) >= 11 is 1.41. The van der Waals surface area contributed by atoms with E-state index in [1.807, 2.05) is 5.38 Å². The Labute approximate surface area is 120 Å². The summed E-state index contributed by atoms with van der Waals surface area (Å²) in [6.07, 6.45) is 0.804. The zero-order chi connectivity index (χ0) is 14.5. The summed E-state index contributed by atoms with van der Waals surface area (Å²) < 4.78 is 23.1. The lowest BCUT2D eigenvalue weighted by atomic mass is 10.2. The van der Waals surface area contributed by atoms with Crippen molar-refractivity contribution in [3.8, 4) is 16.3 Å². The maximum atomic E-state index is 13.6. The van der Waals surface area contributed by atoms with Gasteiger partial charge in [-0.1, -0.05) is 0 Å². The molecule has 1 aromatic heterocycles. The quantitative estimate of drug-likeness (QED) is 0.795. The zero-order valence-electron chi connectivity index (χ0n) is 11.2. The number of hydrogen-bond donors (Lipinski definition) is 0. The molecule has 0 saturated heterocycles. The van der Waals surface area contributed by atoms with Gasteiger partial charge in [-0.05, 0) is 18.2 Å². The summed E-state index contributed by atoms with van der Waals surface area (Å²) in [4.78, 5) is 15.5. The van der Waals surface area contributed by atoms with E-state index in [4.69, 9.17) is 4.74 Å². The van der Waals surface area contributed by atoms with E-state index in [2.05, 4.69) is 9.72 Å². The average molecular weight is 295 g/mol. The fourth-order valence-corrected chi connectivity index (χ4v) is 2.54. The van der Waals surface area contributed by atoms with Gasteiger partial charge >= 0.3 is 5.97 Å². The minimum atomic E-state index is -0.420. The van der Waals surface area contributed by atoms with Crippen LogP contribution in [-0.2, 0) is 16.0 Å². The summed E-state index contributed by atoms with van der Waals surface area (Å²) in [5.41, 5.74) is 1.49. The van der Waals surface area contributed by atoms with Crippen LogP contribution < -0.4 is 4.74 Å². The molecule has 0 fully saturated rings. The molecule has 0 bridgehead atoms. The first-order valence-corrected chi connectivity index (χ1v) is 6.87. The van der Waals surface area contributed by atoms with E-state index in [-0.39, 0.29) is 18.1 Å². The SMILES string of the molecule is COC(=O)CCc1csc(-c2ccc(OC)c(F)c2)n1. The highest BCUT2D eigenvalue weighted by Gasteiger charge is 2.10. The van der Waals surface area contributed by atoms with Gasteiger partial charge in [0.25, 0.3) is 0 Å². The number of halogens is 1. The third kappa shape index (κ3) is 3.33. The number of methoxy groups -OCH3 is 2. The minimum Gasteiger partial charge on any atom is -0.494 e. The summed E-state index contributed by atoms with van der Waals surface area (Å²) in [6.45, 7) is 0. The minimum absolute atomic E-state index is 0.205. The molecule has 0 amide bonds. The third-order valence-electron chi connectivity index (χ3n) is 2.76. The van der Waals surface area contributed by atoms with Gasteiger partial charge in [-0.3, -0.25) is 4.79 Å². The lowest BCUT2D eigenvalue weighted by Gasteiger charge is -2.02. The monoisotopic (exact) mass is 295 g/mol. The Hall–Kier alpha value is -1.95. The van der Waals surface area contributed by atoms with Crippen LogP contribution in [0, 0.1) is 5.82 Å². The molecule has 20 heavy (non-hydrogen) atoms. The molecular weight excluding hydrogens is 281 g/mol. The Morgan fingerprint density at radius 3 is 2.85 bits per heavy atom. The zero-order valence-corrected chi connectivity index (χ0v) is 12.0. The number of aryl methyl sites for hydroxylation is 1. The maximum absolute atomic E-state index is 13.6. The molecule has 0 atom stereocenters. The number of esters is 1. The van der Waals surface area contributed by atoms with Crippen molar-refractivity contribution in [3.63, 3.8) is 0 Å². The Morgan fingerprint density at radius 2 is 2.20 bits per heavy atom. The largest absolute Gasteiger partial charge is 0.494 e. The molecule has 0 aliphatic heterocycles. The topological polar surface area (TPSA) is 48.4 Å². The highest BCUT2D eigenvalue weighted by molar-refractivity contribution is 7.13. The van der Waals surface area contributed by atoms with Crippen molar-refractivity contribution in [1.29, 1.82) is 0 Å². The predicted octanol–water partition coefficient (Wildman–Crippen LogP) is 3.06. The van der Waals surface area contributed by atoms with Gasteiger partial charge in [0.2, 0.25) is 0 Å². The molecule has 1 heterocycles. The summed E-state index contributed by atoms with van der Waals surface area (Å²) in [5.74, 6) is -0.484. The second kappa shape index (κ2) is 6.47. The highest BCUT2D eigenvalue weighted by Crippen LogP contribution is 2.28. The van der Waals surface area contributed by atoms with E-state index in [0.29, 0.717) is 17.0 Å². The van der Waals surface area contributed by atoms with Crippen molar-refractivity contribution >= 4 is 17.3 Å². The fraction of sp³-hybridized carbons (Fsp3) is 0.286. The van der Waals surface area contributed by atoms with Crippen LogP contribution in [0.5, 0.6) is 5.75 Å². The van der Waals surface area contributed by atoms with Crippen LogP contribution in [-0.4, -0.2) is 25.2 Å². The number of nitrogens with zero attached hydrogens (tertiary/aromatic N) is 1. The van der Waals surface area contributed by atoms with Crippen LogP contribution in [0.25, 0.3) is 10.6 Å². The summed E-state index contributed by atoms with van der Waals surface area (Å²) in [6, 6.07) is 4.72. The Bertz CT molecular complexity index is 612. The van der Waals surface area contributed by atoms with Gasteiger partial charge in [0.1, 0.15) is 5.01 Å². The molecule has 4 nitrogen and oxygen atoms in total. The highest BCUT2D eigenvalue weighted by atomic mass is 32.1. The van der Waals surface area contributed by atoms with Crippen LogP contribution in [0.2, 0.25) is 0 Å². The molecule has 6 heteroatoms. The van der Waals surface area contributed by atoms with E-state index < -0.39 is 5.82 Å². The summed E-state index contributed by atoms with van der Waals surface area (Å²) in [7, 11) is 2.78. The molecule has 0 N–H and O–H groups in total. The molecule has 2 rings (SSSR count). The molecule has 0 aliphatic carbocycles. The molecule has 0 unspecified atom stereocenters. The number of carbonyl (C=O) groups excluding carboxylic acids is 1.